The number of nitrogens with zero attached hydrogens (tertiary/aromatic N) is 1. The molecule has 1 amide bonds. The predicted octanol–water partition coefficient (Wildman–Crippen LogP) is 16.2. The van der Waals surface area contributed by atoms with E-state index in [0.29, 0.717) is 24.3 Å². The van der Waals surface area contributed by atoms with E-state index in [1.54, 1.807) is 12.1 Å². The number of alkyl carbamates (subject to hydrolysis) is 1. The summed E-state index contributed by atoms with van der Waals surface area (Å²) in [6.07, 6.45) is 41.6. The molecule has 0 heterocycles. The second-order valence-corrected chi connectivity index (χ2v) is 20.4. The number of carbonyl (C=O) groups is 3. The highest BCUT2D eigenvalue weighted by atomic mass is 16.6. The number of hydrogen-bond acceptors (Lipinski definition) is 10. The summed E-state index contributed by atoms with van der Waals surface area (Å²) >= 11 is 0. The van der Waals surface area contributed by atoms with Gasteiger partial charge in [0, 0.05) is 24.2 Å². The smallest absolute Gasteiger partial charge is 0.408 e. The highest BCUT2D eigenvalue weighted by molar-refractivity contribution is 5.81. The molecule has 0 spiro atoms. The molecule has 74 heavy (non-hydrogen) atoms. The number of esters is 2. The van der Waals surface area contributed by atoms with Gasteiger partial charge in [0.25, 0.3) is 5.69 Å². The van der Waals surface area contributed by atoms with Crippen LogP contribution in [0, 0.1) is 10.1 Å². The van der Waals surface area contributed by atoms with E-state index in [1.165, 1.54) is 185 Å². The number of nitrogens with one attached hydrogen (secondary N) is 1. The lowest BCUT2D eigenvalue weighted by atomic mass is 10.0. The number of non-ortho nitro benzene ring substituents is 1. The molecule has 0 saturated carbocycles. The zero-order chi connectivity index (χ0) is 53.5. The fourth-order valence-corrected chi connectivity index (χ4v) is 8.93. The molecule has 416 valence electrons. The normalized spacial score (nSPS) is 11.8. The average molecular weight is 1030 g/mol. The number of nitro benzene ring substituents is 1. The summed E-state index contributed by atoms with van der Waals surface area (Å²) in [5.41, 5.74) is 14.8. The third kappa shape index (κ3) is 36.1. The maximum atomic E-state index is 12.9. The SMILES string of the molecule is CCCCCCCCCCCCCCCCCCOC(=O)C(Cc1ccc([N+](=O)[O-])cc1)NC(=O)OCc1ccccc1.CCCCCCCCCCCCCCCCCCOC(=O)C(N)Cc1ccc(N)cc1. The molecular weight excluding hydrogens is 929 g/mol. The van der Waals surface area contributed by atoms with Crippen molar-refractivity contribution in [2.24, 2.45) is 5.73 Å². The van der Waals surface area contributed by atoms with Gasteiger partial charge in [-0.1, -0.05) is 261 Å². The summed E-state index contributed by atoms with van der Waals surface area (Å²) in [6, 6.07) is 21.0. The third-order valence-electron chi connectivity index (χ3n) is 13.6. The molecule has 3 rings (SSSR count). The summed E-state index contributed by atoms with van der Waals surface area (Å²) in [7, 11) is 0. The molecule has 0 bridgehead atoms. The van der Waals surface area contributed by atoms with Crippen molar-refractivity contribution in [1.82, 2.24) is 5.32 Å². The minimum absolute atomic E-state index is 0.0402. The number of benzene rings is 3. The molecule has 0 fully saturated rings. The minimum Gasteiger partial charge on any atom is -0.465 e. The van der Waals surface area contributed by atoms with E-state index >= 15 is 0 Å². The van der Waals surface area contributed by atoms with Gasteiger partial charge in [0.2, 0.25) is 0 Å². The van der Waals surface area contributed by atoms with Gasteiger partial charge in [0.1, 0.15) is 18.7 Å². The second-order valence-electron chi connectivity index (χ2n) is 20.4. The number of hydrogen-bond donors (Lipinski definition) is 3. The van der Waals surface area contributed by atoms with Crippen LogP contribution < -0.4 is 16.8 Å². The Kier molecular flexibility index (Phi) is 40.0. The molecule has 12 heteroatoms. The van der Waals surface area contributed by atoms with E-state index in [4.69, 9.17) is 25.7 Å². The summed E-state index contributed by atoms with van der Waals surface area (Å²) in [6.45, 7) is 5.38. The first-order chi connectivity index (χ1) is 36.1. The first-order valence-corrected chi connectivity index (χ1v) is 29.3. The van der Waals surface area contributed by atoms with Gasteiger partial charge >= 0.3 is 18.0 Å². The Morgan fingerprint density at radius 3 is 1.24 bits per heavy atom. The van der Waals surface area contributed by atoms with Crippen LogP contribution in [-0.4, -0.2) is 48.3 Å². The largest absolute Gasteiger partial charge is 0.465 e. The summed E-state index contributed by atoms with van der Waals surface area (Å²) < 4.78 is 16.1. The molecule has 2 atom stereocenters. The second kappa shape index (κ2) is 45.4. The van der Waals surface area contributed by atoms with E-state index in [0.717, 1.165) is 43.2 Å². The Bertz CT molecular complexity index is 1830. The van der Waals surface area contributed by atoms with Crippen LogP contribution in [0.3, 0.4) is 0 Å². The van der Waals surface area contributed by atoms with Crippen molar-refractivity contribution in [3.63, 3.8) is 0 Å². The Morgan fingerprint density at radius 1 is 0.473 bits per heavy atom. The van der Waals surface area contributed by atoms with Crippen LogP contribution in [0.5, 0.6) is 0 Å². The molecule has 0 saturated heterocycles. The van der Waals surface area contributed by atoms with Crippen molar-refractivity contribution in [3.8, 4) is 0 Å². The van der Waals surface area contributed by atoms with Crippen LogP contribution in [0.2, 0.25) is 0 Å². The lowest BCUT2D eigenvalue weighted by Crippen LogP contribution is -2.43. The van der Waals surface area contributed by atoms with Gasteiger partial charge in [-0.05, 0) is 48.1 Å². The highest BCUT2D eigenvalue weighted by Crippen LogP contribution is 2.18. The fourth-order valence-electron chi connectivity index (χ4n) is 8.93. The quantitative estimate of drug-likeness (QED) is 0.0123. The number of rotatable bonds is 44. The molecule has 2 unspecified atom stereocenters. The van der Waals surface area contributed by atoms with Crippen LogP contribution in [0.4, 0.5) is 16.2 Å². The zero-order valence-electron chi connectivity index (χ0n) is 46.2. The number of nitrogens with two attached hydrogens (primary N) is 2. The van der Waals surface area contributed by atoms with E-state index in [9.17, 15) is 24.5 Å². The van der Waals surface area contributed by atoms with Crippen LogP contribution in [0.1, 0.15) is 236 Å². The highest BCUT2D eigenvalue weighted by Gasteiger charge is 2.24. The maximum Gasteiger partial charge on any atom is 0.408 e. The van der Waals surface area contributed by atoms with Gasteiger partial charge in [-0.15, -0.1) is 0 Å². The van der Waals surface area contributed by atoms with Crippen molar-refractivity contribution in [3.05, 3.63) is 106 Å². The first kappa shape index (κ1) is 65.1. The molecule has 0 aliphatic carbocycles. The molecule has 0 aromatic heterocycles. The molecule has 0 aliphatic rings. The number of carbonyl (C=O) groups excluding carboxylic acids is 3. The van der Waals surface area contributed by atoms with Crippen molar-refractivity contribution >= 4 is 29.4 Å². The number of amides is 1. The van der Waals surface area contributed by atoms with E-state index in [1.807, 2.05) is 54.6 Å². The Morgan fingerprint density at radius 2 is 0.838 bits per heavy atom. The standard InChI is InChI=1S/C35H52N2O6.C27H48N2O2/c1-2-3-4-5-6-7-8-9-10-11-12-13-14-15-16-20-27-42-34(38)33(28-30-23-25-32(26-24-30)37(40)41)36-35(39)43-29-31-21-18-17-19-22-31;1-2-3-4-5-6-7-8-9-10-11-12-13-14-15-16-17-22-31-27(30)26(29)23-24-18-20-25(28)21-19-24/h17-19,21-26,33H,2-16,20,27-29H2,1H3,(H,36,39);18-21,26H,2-17,22-23,28-29H2,1H3. The molecular formula is C62H100N4O8. The van der Waals surface area contributed by atoms with Gasteiger partial charge in [-0.2, -0.15) is 0 Å². The van der Waals surface area contributed by atoms with Crippen molar-refractivity contribution in [2.45, 2.75) is 251 Å². The van der Waals surface area contributed by atoms with Gasteiger partial charge in [-0.25, -0.2) is 9.59 Å². The maximum absolute atomic E-state index is 12.9. The van der Waals surface area contributed by atoms with Crippen molar-refractivity contribution < 1.29 is 33.5 Å². The van der Waals surface area contributed by atoms with Gasteiger partial charge in [0.05, 0.1) is 18.1 Å². The minimum atomic E-state index is -0.967. The fraction of sp³-hybridized carbons (Fsp3) is 0.661. The Labute approximate surface area is 447 Å². The van der Waals surface area contributed by atoms with Crippen LogP contribution in [-0.2, 0) is 43.2 Å². The summed E-state index contributed by atoms with van der Waals surface area (Å²) in [4.78, 5) is 47.9. The van der Waals surface area contributed by atoms with Crippen molar-refractivity contribution in [1.29, 1.82) is 0 Å². The summed E-state index contributed by atoms with van der Waals surface area (Å²) in [5, 5.41) is 13.6. The number of nitro groups is 1. The van der Waals surface area contributed by atoms with Crippen LogP contribution >= 0.6 is 0 Å². The van der Waals surface area contributed by atoms with Crippen LogP contribution in [0.25, 0.3) is 0 Å². The third-order valence-corrected chi connectivity index (χ3v) is 13.6. The molecule has 12 nitrogen and oxygen atoms in total. The Balaban J connectivity index is 0.000000535. The molecule has 3 aromatic carbocycles. The molecule has 5 N–H and O–H groups in total. The monoisotopic (exact) mass is 1030 g/mol. The van der Waals surface area contributed by atoms with Gasteiger partial charge in [0.15, 0.2) is 0 Å². The summed E-state index contributed by atoms with van der Waals surface area (Å²) in [5.74, 6) is -0.853. The lowest BCUT2D eigenvalue weighted by molar-refractivity contribution is -0.384. The number of unbranched alkanes of at least 4 members (excludes halogenated alkanes) is 30. The van der Waals surface area contributed by atoms with E-state index in [2.05, 4.69) is 19.2 Å². The number of nitrogen functional groups attached to an aromatic ring is 1. The molecule has 0 radical (unpaired) electrons. The molecule has 0 aliphatic heterocycles. The van der Waals surface area contributed by atoms with Gasteiger partial charge in [-0.3, -0.25) is 14.9 Å². The first-order valence-electron chi connectivity index (χ1n) is 29.3. The number of ether oxygens (including phenoxy) is 3. The van der Waals surface area contributed by atoms with Crippen molar-refractivity contribution in [2.75, 3.05) is 18.9 Å². The van der Waals surface area contributed by atoms with E-state index < -0.39 is 29.1 Å². The topological polar surface area (TPSA) is 186 Å². The molecule has 3 aromatic rings. The van der Waals surface area contributed by atoms with E-state index in [-0.39, 0.29) is 31.3 Å². The zero-order valence-corrected chi connectivity index (χ0v) is 46.2. The predicted molar refractivity (Wildman–Crippen MR) is 304 cm³/mol. The average Bonchev–Trinajstić information content (AvgIpc) is 3.40. The Hall–Kier alpha value is -4.97. The van der Waals surface area contributed by atoms with Gasteiger partial charge < -0.3 is 31.0 Å². The lowest BCUT2D eigenvalue weighted by Gasteiger charge is -2.18. The number of anilines is 1. The van der Waals surface area contributed by atoms with Crippen LogP contribution in [0.15, 0.2) is 78.9 Å².